The number of aromatic amines is 1. The fraction of sp³-hybridized carbons (Fsp3) is 0.0833. The molecule has 96 valence electrons. The van der Waals surface area contributed by atoms with Crippen LogP contribution in [0.4, 0.5) is 11.5 Å². The van der Waals surface area contributed by atoms with Gasteiger partial charge in [-0.15, -0.1) is 0 Å². The van der Waals surface area contributed by atoms with Crippen LogP contribution in [0.1, 0.15) is 0 Å². The topological polar surface area (TPSA) is 102 Å². The number of rotatable bonds is 3. The molecule has 4 N–H and O–H groups in total. The van der Waals surface area contributed by atoms with Gasteiger partial charge in [-0.3, -0.25) is 14.6 Å². The fourth-order valence-electron chi connectivity index (χ4n) is 1.88. The first-order chi connectivity index (χ1) is 9.22. The third-order valence-electron chi connectivity index (χ3n) is 2.73. The molecule has 0 bridgehead atoms. The highest BCUT2D eigenvalue weighted by Crippen LogP contribution is 2.20. The Labute approximate surface area is 108 Å². The van der Waals surface area contributed by atoms with E-state index in [0.29, 0.717) is 5.82 Å². The molecule has 0 aliphatic rings. The summed E-state index contributed by atoms with van der Waals surface area (Å²) < 4.78 is 1.49. The number of H-pyrrole nitrogens is 1. The zero-order chi connectivity index (χ0) is 13.2. The van der Waals surface area contributed by atoms with E-state index >= 15 is 0 Å². The van der Waals surface area contributed by atoms with Crippen molar-refractivity contribution in [2.24, 2.45) is 0 Å². The third-order valence-corrected chi connectivity index (χ3v) is 2.73. The van der Waals surface area contributed by atoms with Gasteiger partial charge in [0.25, 0.3) is 0 Å². The Morgan fingerprint density at radius 2 is 2.32 bits per heavy atom. The summed E-state index contributed by atoms with van der Waals surface area (Å²) in [6.07, 6.45) is 3.34. The van der Waals surface area contributed by atoms with E-state index in [2.05, 4.69) is 20.6 Å². The monoisotopic (exact) mass is 256 g/mol. The Kier molecular flexibility index (Phi) is 2.64. The molecule has 2 heterocycles. The standard InChI is InChI=1S/C12H12N6O/c13-11-4-5-18(17-11)7-12(19)15-9-2-1-3-10-8(9)6-14-16-10/h1-6H,7H2,(H2,13,17)(H,14,16)(H,15,19). The quantitative estimate of drug-likeness (QED) is 0.650. The van der Waals surface area contributed by atoms with E-state index < -0.39 is 0 Å². The number of nitrogens with one attached hydrogen (secondary N) is 2. The van der Waals surface area contributed by atoms with Crippen LogP contribution in [0.25, 0.3) is 10.9 Å². The fourth-order valence-corrected chi connectivity index (χ4v) is 1.88. The van der Waals surface area contributed by atoms with E-state index in [1.54, 1.807) is 18.5 Å². The van der Waals surface area contributed by atoms with Gasteiger partial charge in [-0.05, 0) is 18.2 Å². The van der Waals surface area contributed by atoms with Crippen molar-refractivity contribution in [3.8, 4) is 0 Å². The normalized spacial score (nSPS) is 10.7. The summed E-state index contributed by atoms with van der Waals surface area (Å²) in [5.74, 6) is 0.224. The number of nitrogens with two attached hydrogens (primary N) is 1. The first-order valence-corrected chi connectivity index (χ1v) is 5.73. The van der Waals surface area contributed by atoms with Crippen molar-refractivity contribution in [3.05, 3.63) is 36.7 Å². The van der Waals surface area contributed by atoms with Crippen LogP contribution in [0.15, 0.2) is 36.7 Å². The molecule has 3 rings (SSSR count). The summed E-state index contributed by atoms with van der Waals surface area (Å²) in [6, 6.07) is 7.21. The van der Waals surface area contributed by atoms with Crippen LogP contribution in [0, 0.1) is 0 Å². The zero-order valence-corrected chi connectivity index (χ0v) is 10.00. The molecule has 0 aliphatic carbocycles. The van der Waals surface area contributed by atoms with Gasteiger partial charge in [-0.2, -0.15) is 10.2 Å². The van der Waals surface area contributed by atoms with E-state index in [0.717, 1.165) is 16.6 Å². The number of fused-ring (bicyclic) bond motifs is 1. The zero-order valence-electron chi connectivity index (χ0n) is 10.00. The molecule has 7 heteroatoms. The molecule has 0 radical (unpaired) electrons. The molecular formula is C12H12N6O. The van der Waals surface area contributed by atoms with Gasteiger partial charge in [-0.25, -0.2) is 0 Å². The molecule has 1 aromatic carbocycles. The van der Waals surface area contributed by atoms with Crippen molar-refractivity contribution in [2.45, 2.75) is 6.54 Å². The first kappa shape index (κ1) is 11.3. The van der Waals surface area contributed by atoms with Crippen LogP contribution >= 0.6 is 0 Å². The number of nitrogens with zero attached hydrogens (tertiary/aromatic N) is 3. The van der Waals surface area contributed by atoms with Crippen LogP contribution in [-0.2, 0) is 11.3 Å². The molecule has 2 aromatic heterocycles. The maximum absolute atomic E-state index is 11.9. The number of hydrogen-bond donors (Lipinski definition) is 3. The van der Waals surface area contributed by atoms with Gasteiger partial charge < -0.3 is 11.1 Å². The predicted molar refractivity (Wildman–Crippen MR) is 71.4 cm³/mol. The van der Waals surface area contributed by atoms with Crippen LogP contribution in [0.2, 0.25) is 0 Å². The Hall–Kier alpha value is -2.83. The van der Waals surface area contributed by atoms with Crippen LogP contribution in [0.5, 0.6) is 0 Å². The lowest BCUT2D eigenvalue weighted by Crippen LogP contribution is -2.19. The number of carbonyl (C=O) groups is 1. The second-order valence-electron chi connectivity index (χ2n) is 4.12. The van der Waals surface area contributed by atoms with Crippen LogP contribution in [-0.4, -0.2) is 25.9 Å². The van der Waals surface area contributed by atoms with E-state index in [4.69, 9.17) is 5.73 Å². The minimum atomic E-state index is -0.170. The lowest BCUT2D eigenvalue weighted by Gasteiger charge is -2.06. The molecule has 0 unspecified atom stereocenters. The summed E-state index contributed by atoms with van der Waals surface area (Å²) in [5.41, 5.74) is 7.09. The highest BCUT2D eigenvalue weighted by atomic mass is 16.2. The van der Waals surface area contributed by atoms with Crippen molar-refractivity contribution in [1.82, 2.24) is 20.0 Å². The number of amides is 1. The maximum Gasteiger partial charge on any atom is 0.246 e. The molecule has 3 aromatic rings. The molecule has 0 aliphatic heterocycles. The largest absolute Gasteiger partial charge is 0.382 e. The SMILES string of the molecule is Nc1ccn(CC(=O)Nc2cccc3[nH]ncc23)n1. The summed E-state index contributed by atoms with van der Waals surface area (Å²) in [5, 5.41) is 14.5. The summed E-state index contributed by atoms with van der Waals surface area (Å²) in [4.78, 5) is 11.9. The minimum absolute atomic E-state index is 0.117. The number of aromatic nitrogens is 4. The summed E-state index contributed by atoms with van der Waals surface area (Å²) in [7, 11) is 0. The van der Waals surface area contributed by atoms with Gasteiger partial charge in [0, 0.05) is 11.6 Å². The number of benzene rings is 1. The Morgan fingerprint density at radius 3 is 3.11 bits per heavy atom. The second-order valence-corrected chi connectivity index (χ2v) is 4.12. The maximum atomic E-state index is 11.9. The van der Waals surface area contributed by atoms with Crippen molar-refractivity contribution in [1.29, 1.82) is 0 Å². The van der Waals surface area contributed by atoms with Gasteiger partial charge in [0.2, 0.25) is 5.91 Å². The molecule has 19 heavy (non-hydrogen) atoms. The van der Waals surface area contributed by atoms with Gasteiger partial charge in [0.1, 0.15) is 12.4 Å². The van der Waals surface area contributed by atoms with E-state index in [-0.39, 0.29) is 12.5 Å². The average Bonchev–Trinajstić information content (AvgIpc) is 2.98. The van der Waals surface area contributed by atoms with Crippen LogP contribution < -0.4 is 11.1 Å². The summed E-state index contributed by atoms with van der Waals surface area (Å²) in [6.45, 7) is 0.117. The molecule has 0 spiro atoms. The van der Waals surface area contributed by atoms with Gasteiger partial charge in [0.05, 0.1) is 17.4 Å². The molecule has 7 nitrogen and oxygen atoms in total. The third kappa shape index (κ3) is 2.25. The van der Waals surface area contributed by atoms with Gasteiger partial charge in [-0.1, -0.05) is 6.07 Å². The van der Waals surface area contributed by atoms with Crippen molar-refractivity contribution < 1.29 is 4.79 Å². The van der Waals surface area contributed by atoms with Crippen molar-refractivity contribution in [2.75, 3.05) is 11.1 Å². The van der Waals surface area contributed by atoms with E-state index in [1.165, 1.54) is 4.68 Å². The predicted octanol–water partition coefficient (Wildman–Crippen LogP) is 0.980. The second kappa shape index (κ2) is 4.45. The van der Waals surface area contributed by atoms with Crippen LogP contribution in [0.3, 0.4) is 0 Å². The Morgan fingerprint density at radius 1 is 1.42 bits per heavy atom. The van der Waals surface area contributed by atoms with E-state index in [9.17, 15) is 4.79 Å². The highest BCUT2D eigenvalue weighted by molar-refractivity contribution is 6.00. The number of anilines is 2. The molecule has 1 amide bonds. The molecular weight excluding hydrogens is 244 g/mol. The highest BCUT2D eigenvalue weighted by Gasteiger charge is 2.08. The number of nitrogen functional groups attached to an aromatic ring is 1. The number of hydrogen-bond acceptors (Lipinski definition) is 4. The summed E-state index contributed by atoms with van der Waals surface area (Å²) >= 11 is 0. The number of carbonyl (C=O) groups excluding carboxylic acids is 1. The smallest absolute Gasteiger partial charge is 0.246 e. The molecule has 0 fully saturated rings. The lowest BCUT2D eigenvalue weighted by molar-refractivity contribution is -0.116. The average molecular weight is 256 g/mol. The Bertz CT molecular complexity index is 728. The molecule has 0 saturated carbocycles. The molecule has 0 saturated heterocycles. The molecule has 0 atom stereocenters. The van der Waals surface area contributed by atoms with Gasteiger partial charge >= 0.3 is 0 Å². The Balaban J connectivity index is 1.77. The first-order valence-electron chi connectivity index (χ1n) is 5.73. The van der Waals surface area contributed by atoms with Crippen molar-refractivity contribution >= 4 is 28.3 Å². The van der Waals surface area contributed by atoms with Gasteiger partial charge in [0.15, 0.2) is 0 Å². The lowest BCUT2D eigenvalue weighted by atomic mass is 10.2. The van der Waals surface area contributed by atoms with Crippen molar-refractivity contribution in [3.63, 3.8) is 0 Å². The minimum Gasteiger partial charge on any atom is -0.382 e. The van der Waals surface area contributed by atoms with E-state index in [1.807, 2.05) is 18.2 Å².